The molecule has 0 aromatic heterocycles. The van der Waals surface area contributed by atoms with Crippen molar-refractivity contribution in [3.8, 4) is 16.9 Å². The highest BCUT2D eigenvalue weighted by Gasteiger charge is 2.24. The Morgan fingerprint density at radius 3 is 1.30 bits per heavy atom. The Kier molecular flexibility index (Phi) is 16.5. The largest absolute Gasteiger partial charge is 0.493 e. The first-order valence-corrected chi connectivity index (χ1v) is 17.5. The summed E-state index contributed by atoms with van der Waals surface area (Å²) in [5, 5.41) is 0. The molecule has 0 saturated carbocycles. The first-order valence-electron chi connectivity index (χ1n) is 17.5. The molecule has 3 rings (SSSR count). The van der Waals surface area contributed by atoms with Crippen LogP contribution in [0.15, 0.2) is 48.5 Å². The number of hydrogen-bond donors (Lipinski definition) is 0. The highest BCUT2D eigenvalue weighted by molar-refractivity contribution is 5.74. The monoisotopic (exact) mass is 546 g/mol. The molecule has 40 heavy (non-hydrogen) atoms. The normalized spacial score (nSPS) is 20.8. The van der Waals surface area contributed by atoms with E-state index < -0.39 is 0 Å². The van der Waals surface area contributed by atoms with Gasteiger partial charge in [0.25, 0.3) is 0 Å². The van der Waals surface area contributed by atoms with Crippen LogP contribution < -0.4 is 4.74 Å². The van der Waals surface area contributed by atoms with Gasteiger partial charge in [0, 0.05) is 5.56 Å². The van der Waals surface area contributed by atoms with Gasteiger partial charge in [-0.15, -0.1) is 0 Å². The van der Waals surface area contributed by atoms with Crippen LogP contribution in [0, 0.1) is 0 Å². The third-order valence-corrected chi connectivity index (χ3v) is 9.29. The van der Waals surface area contributed by atoms with E-state index >= 15 is 0 Å². The Hall–Kier alpha value is -1.76. The molecule has 0 fully saturated rings. The average Bonchev–Trinajstić information content (AvgIpc) is 2.97. The Bertz CT molecular complexity index is 897. The van der Waals surface area contributed by atoms with Crippen LogP contribution in [0.5, 0.6) is 5.75 Å². The summed E-state index contributed by atoms with van der Waals surface area (Å²) in [4.78, 5) is 0. The molecule has 1 heterocycles. The lowest BCUT2D eigenvalue weighted by Crippen LogP contribution is -2.18. The fourth-order valence-electron chi connectivity index (χ4n) is 6.64. The van der Waals surface area contributed by atoms with E-state index in [2.05, 4.69) is 62.4 Å². The minimum absolute atomic E-state index is 0.157. The van der Waals surface area contributed by atoms with E-state index in [4.69, 9.17) is 4.74 Å². The van der Waals surface area contributed by atoms with Gasteiger partial charge in [-0.05, 0) is 35.4 Å². The van der Waals surface area contributed by atoms with Crippen LogP contribution in [0.3, 0.4) is 0 Å². The van der Waals surface area contributed by atoms with E-state index in [1.807, 2.05) is 0 Å². The summed E-state index contributed by atoms with van der Waals surface area (Å²) < 4.78 is 6.41. The van der Waals surface area contributed by atoms with Gasteiger partial charge in [-0.1, -0.05) is 191 Å². The Morgan fingerprint density at radius 2 is 0.800 bits per heavy atom. The predicted octanol–water partition coefficient (Wildman–Crippen LogP) is 13.0. The fraction of sp³-hybridized carbons (Fsp3) is 0.692. The molecule has 2 aromatic rings. The van der Waals surface area contributed by atoms with Crippen molar-refractivity contribution in [3.63, 3.8) is 0 Å². The molecular weight excluding hydrogens is 484 g/mol. The predicted molar refractivity (Wildman–Crippen MR) is 177 cm³/mol. The number of rotatable bonds is 0. The second-order valence-electron chi connectivity index (χ2n) is 13.3. The molecule has 1 nitrogen and oxygen atoms in total. The summed E-state index contributed by atoms with van der Waals surface area (Å²) in [6.07, 6.45) is 32.2. The van der Waals surface area contributed by atoms with E-state index in [0.29, 0.717) is 0 Å². The molecule has 1 aliphatic rings. The molecule has 0 radical (unpaired) electrons. The van der Waals surface area contributed by atoms with Crippen molar-refractivity contribution in [1.82, 2.24) is 0 Å². The smallest absolute Gasteiger partial charge is 0.127 e. The van der Waals surface area contributed by atoms with Crippen molar-refractivity contribution >= 4 is 0 Å². The molecule has 0 spiro atoms. The zero-order valence-corrected chi connectivity index (χ0v) is 26.5. The second kappa shape index (κ2) is 20.2. The van der Waals surface area contributed by atoms with Gasteiger partial charge in [-0.3, -0.25) is 0 Å². The molecule has 0 N–H and O–H groups in total. The maximum absolute atomic E-state index is 6.41. The zero-order chi connectivity index (χ0) is 28.1. The van der Waals surface area contributed by atoms with Crippen molar-refractivity contribution in [2.24, 2.45) is 0 Å². The highest BCUT2D eigenvalue weighted by atomic mass is 16.5. The lowest BCUT2D eigenvalue weighted by Gasteiger charge is -2.29. The van der Waals surface area contributed by atoms with Crippen molar-refractivity contribution in [2.45, 2.75) is 167 Å². The van der Waals surface area contributed by atoms with E-state index in [-0.39, 0.29) is 5.41 Å². The number of benzene rings is 2. The van der Waals surface area contributed by atoms with Gasteiger partial charge in [-0.2, -0.15) is 0 Å². The Morgan fingerprint density at radius 1 is 0.425 bits per heavy atom. The zero-order valence-electron chi connectivity index (χ0n) is 26.5. The first kappa shape index (κ1) is 32.8. The number of ether oxygens (including phenoxy) is 1. The molecule has 224 valence electrons. The summed E-state index contributed by atoms with van der Waals surface area (Å²) in [6.45, 7) is 5.71. The molecule has 0 amide bonds. The Balaban J connectivity index is 1.54. The average molecular weight is 547 g/mol. The van der Waals surface area contributed by atoms with Crippen LogP contribution in [0.2, 0.25) is 0 Å². The van der Waals surface area contributed by atoms with E-state index in [9.17, 15) is 0 Å². The summed E-state index contributed by atoms with van der Waals surface area (Å²) in [5.74, 6) is 1.05. The van der Waals surface area contributed by atoms with Gasteiger partial charge in [0.1, 0.15) is 5.75 Å². The molecular formula is C39H62O. The minimum Gasteiger partial charge on any atom is -0.493 e. The van der Waals surface area contributed by atoms with Crippen LogP contribution in [-0.2, 0) is 5.41 Å². The maximum atomic E-state index is 6.41. The van der Waals surface area contributed by atoms with Crippen molar-refractivity contribution in [3.05, 3.63) is 54.1 Å². The summed E-state index contributed by atoms with van der Waals surface area (Å²) >= 11 is 0. The van der Waals surface area contributed by atoms with Gasteiger partial charge in [0.2, 0.25) is 0 Å². The number of hydrogen-bond acceptors (Lipinski definition) is 1. The summed E-state index contributed by atoms with van der Waals surface area (Å²) in [5.41, 5.74) is 4.23. The van der Waals surface area contributed by atoms with Crippen LogP contribution >= 0.6 is 0 Å². The van der Waals surface area contributed by atoms with Gasteiger partial charge < -0.3 is 4.74 Å². The number of fused-ring (bicyclic) bond motifs is 3. The lowest BCUT2D eigenvalue weighted by molar-refractivity contribution is 0.305. The number of para-hydroxylation sites is 1. The van der Waals surface area contributed by atoms with Crippen molar-refractivity contribution in [1.29, 1.82) is 0 Å². The molecule has 0 bridgehead atoms. The molecule has 2 aromatic carbocycles. The van der Waals surface area contributed by atoms with Gasteiger partial charge >= 0.3 is 0 Å². The van der Waals surface area contributed by atoms with Crippen molar-refractivity contribution < 1.29 is 4.74 Å². The lowest BCUT2D eigenvalue weighted by atomic mass is 9.76. The van der Waals surface area contributed by atoms with Gasteiger partial charge in [0.15, 0.2) is 0 Å². The summed E-state index contributed by atoms with van der Waals surface area (Å²) in [6, 6.07) is 17.8. The molecule has 0 atom stereocenters. The quantitative estimate of drug-likeness (QED) is 0.319. The van der Waals surface area contributed by atoms with E-state index in [1.54, 1.807) is 0 Å². The topological polar surface area (TPSA) is 9.23 Å². The SMILES string of the molecule is CC1(C)CCCCCCCCCCCCCCCCCCCCCCCCOc2ccccc2-c2ccccc21. The van der Waals surface area contributed by atoms with Crippen LogP contribution in [0.4, 0.5) is 0 Å². The highest BCUT2D eigenvalue weighted by Crippen LogP contribution is 2.40. The molecule has 1 heteroatoms. The standard InChI is InChI=1S/C39H62O/c1-39(2)33-27-21-19-17-15-13-11-9-7-5-3-4-6-8-10-12-14-16-18-20-22-28-34-40-38-32-26-24-30-36(38)35-29-23-25-31-37(35)39/h23-26,29-32H,3-22,27-28,33-34H2,1-2H3. The molecule has 0 aliphatic carbocycles. The minimum atomic E-state index is 0.157. The molecule has 1 aliphatic heterocycles. The van der Waals surface area contributed by atoms with Crippen molar-refractivity contribution in [2.75, 3.05) is 6.61 Å². The molecule has 0 unspecified atom stereocenters. The first-order chi connectivity index (χ1) is 19.7. The second-order valence-corrected chi connectivity index (χ2v) is 13.3. The van der Waals surface area contributed by atoms with Gasteiger partial charge in [-0.25, -0.2) is 0 Å². The third kappa shape index (κ3) is 12.8. The van der Waals surface area contributed by atoms with Crippen LogP contribution in [0.25, 0.3) is 11.1 Å². The maximum Gasteiger partial charge on any atom is 0.127 e. The summed E-state index contributed by atoms with van der Waals surface area (Å²) in [7, 11) is 0. The van der Waals surface area contributed by atoms with Crippen LogP contribution in [0.1, 0.15) is 167 Å². The fourth-order valence-corrected chi connectivity index (χ4v) is 6.64. The van der Waals surface area contributed by atoms with Gasteiger partial charge in [0.05, 0.1) is 6.61 Å². The van der Waals surface area contributed by atoms with E-state index in [0.717, 1.165) is 18.8 Å². The third-order valence-electron chi connectivity index (χ3n) is 9.29. The molecule has 0 saturated heterocycles. The Labute approximate surface area is 248 Å². The van der Waals surface area contributed by atoms with E-state index in [1.165, 1.54) is 158 Å². The van der Waals surface area contributed by atoms with Crippen LogP contribution in [-0.4, -0.2) is 6.61 Å².